The van der Waals surface area contributed by atoms with E-state index >= 15 is 0 Å². The molecule has 86 valence electrons. The molecule has 0 saturated heterocycles. The summed E-state index contributed by atoms with van der Waals surface area (Å²) in [6.07, 6.45) is 3.01. The standard InChI is InChI=1S/C13H14ClFO/c14-7-4-5-10(11(15)6-7)13(16)12-8-2-1-3-9(8)12/h4-6,8-9,12-13,16H,1-3H2. The molecule has 1 nitrogen and oxygen atoms in total. The van der Waals surface area contributed by atoms with Gasteiger partial charge in [-0.3, -0.25) is 0 Å². The van der Waals surface area contributed by atoms with E-state index in [1.54, 1.807) is 12.1 Å². The molecule has 3 rings (SSSR count). The van der Waals surface area contributed by atoms with E-state index in [9.17, 15) is 9.50 Å². The maximum absolute atomic E-state index is 13.6. The Morgan fingerprint density at radius 3 is 2.62 bits per heavy atom. The highest BCUT2D eigenvalue weighted by atomic mass is 35.5. The number of hydrogen-bond acceptors (Lipinski definition) is 1. The van der Waals surface area contributed by atoms with Gasteiger partial charge in [-0.05, 0) is 42.7 Å². The minimum absolute atomic E-state index is 0.282. The smallest absolute Gasteiger partial charge is 0.130 e. The molecule has 3 atom stereocenters. The van der Waals surface area contributed by atoms with Crippen LogP contribution in [0.3, 0.4) is 0 Å². The normalized spacial score (nSPS) is 33.6. The molecule has 1 aromatic carbocycles. The third-order valence-electron chi connectivity index (χ3n) is 4.12. The Balaban J connectivity index is 1.82. The Kier molecular flexibility index (Phi) is 2.45. The molecule has 3 heteroatoms. The summed E-state index contributed by atoms with van der Waals surface area (Å²) in [7, 11) is 0. The monoisotopic (exact) mass is 240 g/mol. The first kappa shape index (κ1) is 10.5. The van der Waals surface area contributed by atoms with E-state index in [1.807, 2.05) is 0 Å². The second-order valence-corrected chi connectivity index (χ2v) is 5.38. The minimum Gasteiger partial charge on any atom is -0.388 e. The van der Waals surface area contributed by atoms with Gasteiger partial charge in [0.1, 0.15) is 5.82 Å². The predicted molar refractivity (Wildman–Crippen MR) is 60.7 cm³/mol. The number of aliphatic hydroxyl groups excluding tert-OH is 1. The van der Waals surface area contributed by atoms with Crippen molar-refractivity contribution in [3.05, 3.63) is 34.6 Å². The van der Waals surface area contributed by atoms with Crippen LogP contribution < -0.4 is 0 Å². The van der Waals surface area contributed by atoms with Gasteiger partial charge in [0.05, 0.1) is 6.10 Å². The average Bonchev–Trinajstić information content (AvgIpc) is 2.71. The molecule has 1 N–H and O–H groups in total. The molecule has 16 heavy (non-hydrogen) atoms. The van der Waals surface area contributed by atoms with Crippen LogP contribution in [0.5, 0.6) is 0 Å². The summed E-state index contributed by atoms with van der Waals surface area (Å²) in [4.78, 5) is 0. The zero-order chi connectivity index (χ0) is 11.3. The SMILES string of the molecule is OC(c1ccc(Cl)cc1F)C1C2CCCC21. The van der Waals surface area contributed by atoms with E-state index in [1.165, 1.54) is 25.3 Å². The van der Waals surface area contributed by atoms with Gasteiger partial charge < -0.3 is 5.11 Å². The van der Waals surface area contributed by atoms with E-state index in [0.29, 0.717) is 22.4 Å². The lowest BCUT2D eigenvalue weighted by Crippen LogP contribution is -2.06. The summed E-state index contributed by atoms with van der Waals surface area (Å²) in [5.41, 5.74) is 0.406. The van der Waals surface area contributed by atoms with Crippen molar-refractivity contribution in [3.63, 3.8) is 0 Å². The second kappa shape index (κ2) is 3.71. The van der Waals surface area contributed by atoms with Gasteiger partial charge >= 0.3 is 0 Å². The summed E-state index contributed by atoms with van der Waals surface area (Å²) in [6, 6.07) is 4.52. The number of aliphatic hydroxyl groups is 1. The van der Waals surface area contributed by atoms with E-state index in [-0.39, 0.29) is 11.7 Å². The molecular weight excluding hydrogens is 227 g/mol. The van der Waals surface area contributed by atoms with Gasteiger partial charge in [-0.2, -0.15) is 0 Å². The zero-order valence-corrected chi connectivity index (χ0v) is 9.62. The van der Waals surface area contributed by atoms with Crippen LogP contribution in [-0.4, -0.2) is 5.11 Å². The molecule has 0 heterocycles. The van der Waals surface area contributed by atoms with Crippen molar-refractivity contribution in [2.24, 2.45) is 17.8 Å². The molecule has 0 bridgehead atoms. The minimum atomic E-state index is -0.646. The quantitative estimate of drug-likeness (QED) is 0.838. The van der Waals surface area contributed by atoms with Crippen LogP contribution in [0.15, 0.2) is 18.2 Å². The van der Waals surface area contributed by atoms with Crippen LogP contribution in [0, 0.1) is 23.6 Å². The highest BCUT2D eigenvalue weighted by molar-refractivity contribution is 6.30. The Bertz CT molecular complexity index is 410. The second-order valence-electron chi connectivity index (χ2n) is 4.95. The number of fused-ring (bicyclic) bond motifs is 1. The van der Waals surface area contributed by atoms with Crippen molar-refractivity contribution >= 4 is 11.6 Å². The van der Waals surface area contributed by atoms with Crippen molar-refractivity contribution in [2.45, 2.75) is 25.4 Å². The number of benzene rings is 1. The Labute approximate surface area is 99.2 Å². The Morgan fingerprint density at radius 1 is 1.31 bits per heavy atom. The summed E-state index contributed by atoms with van der Waals surface area (Å²) in [5, 5.41) is 10.5. The largest absolute Gasteiger partial charge is 0.388 e. The highest BCUT2D eigenvalue weighted by Gasteiger charge is 2.56. The first-order valence-electron chi connectivity index (χ1n) is 5.81. The molecule has 0 radical (unpaired) electrons. The fourth-order valence-corrected chi connectivity index (χ4v) is 3.45. The van der Waals surface area contributed by atoms with E-state index < -0.39 is 6.10 Å². The summed E-state index contributed by atoms with van der Waals surface area (Å²) < 4.78 is 13.6. The Morgan fingerprint density at radius 2 is 2.00 bits per heavy atom. The molecule has 1 aromatic rings. The van der Waals surface area contributed by atoms with Crippen molar-refractivity contribution in [3.8, 4) is 0 Å². The van der Waals surface area contributed by atoms with E-state index in [0.717, 1.165) is 0 Å². The maximum atomic E-state index is 13.6. The molecule has 0 spiro atoms. The number of hydrogen-bond donors (Lipinski definition) is 1. The van der Waals surface area contributed by atoms with Gasteiger partial charge in [0.25, 0.3) is 0 Å². The maximum Gasteiger partial charge on any atom is 0.130 e. The van der Waals surface area contributed by atoms with Crippen LogP contribution >= 0.6 is 11.6 Å². The van der Waals surface area contributed by atoms with Gasteiger partial charge in [0.15, 0.2) is 0 Å². The number of rotatable bonds is 2. The molecular formula is C13H14ClFO. The first-order chi connectivity index (χ1) is 7.68. The molecule has 3 unspecified atom stereocenters. The van der Waals surface area contributed by atoms with Gasteiger partial charge in [-0.25, -0.2) is 4.39 Å². The summed E-state index contributed by atoms with van der Waals surface area (Å²) >= 11 is 5.69. The summed E-state index contributed by atoms with van der Waals surface area (Å²) in [6.45, 7) is 0. The molecule has 0 amide bonds. The van der Waals surface area contributed by atoms with Crippen LogP contribution in [0.2, 0.25) is 5.02 Å². The molecule has 0 aromatic heterocycles. The van der Waals surface area contributed by atoms with Crippen LogP contribution in [0.4, 0.5) is 4.39 Å². The fraction of sp³-hybridized carbons (Fsp3) is 0.538. The van der Waals surface area contributed by atoms with Crippen molar-refractivity contribution in [1.82, 2.24) is 0 Å². The van der Waals surface area contributed by atoms with Crippen molar-refractivity contribution in [1.29, 1.82) is 0 Å². The zero-order valence-electron chi connectivity index (χ0n) is 8.87. The van der Waals surface area contributed by atoms with E-state index in [4.69, 9.17) is 11.6 Å². The Hall–Kier alpha value is -0.600. The van der Waals surface area contributed by atoms with Gasteiger partial charge in [0.2, 0.25) is 0 Å². The lowest BCUT2D eigenvalue weighted by atomic mass is 9.99. The summed E-state index contributed by atoms with van der Waals surface area (Å²) in [5.74, 6) is 1.16. The van der Waals surface area contributed by atoms with Gasteiger partial charge in [-0.1, -0.05) is 24.1 Å². The highest BCUT2D eigenvalue weighted by Crippen LogP contribution is 2.62. The fourth-order valence-electron chi connectivity index (χ4n) is 3.29. The lowest BCUT2D eigenvalue weighted by molar-refractivity contribution is 0.133. The van der Waals surface area contributed by atoms with E-state index in [2.05, 4.69) is 0 Å². The van der Waals surface area contributed by atoms with Gasteiger partial charge in [0, 0.05) is 10.6 Å². The average molecular weight is 241 g/mol. The molecule has 2 fully saturated rings. The first-order valence-corrected chi connectivity index (χ1v) is 6.19. The van der Waals surface area contributed by atoms with Crippen LogP contribution in [0.25, 0.3) is 0 Å². The molecule has 2 saturated carbocycles. The van der Waals surface area contributed by atoms with Crippen LogP contribution in [-0.2, 0) is 0 Å². The van der Waals surface area contributed by atoms with Crippen molar-refractivity contribution < 1.29 is 9.50 Å². The lowest BCUT2D eigenvalue weighted by Gasteiger charge is -2.13. The molecule has 2 aliphatic carbocycles. The topological polar surface area (TPSA) is 20.2 Å². The third kappa shape index (κ3) is 1.56. The van der Waals surface area contributed by atoms with Gasteiger partial charge in [-0.15, -0.1) is 0 Å². The third-order valence-corrected chi connectivity index (χ3v) is 4.35. The number of halogens is 2. The van der Waals surface area contributed by atoms with Crippen LogP contribution in [0.1, 0.15) is 30.9 Å². The molecule has 2 aliphatic rings. The van der Waals surface area contributed by atoms with Crippen molar-refractivity contribution in [2.75, 3.05) is 0 Å². The predicted octanol–water partition coefficient (Wildman–Crippen LogP) is 3.56. The molecule has 0 aliphatic heterocycles.